The van der Waals surface area contributed by atoms with E-state index in [1.165, 1.54) is 5.56 Å². The molecule has 0 unspecified atom stereocenters. The molecule has 0 aliphatic rings. The Morgan fingerprint density at radius 1 is 0.909 bits per heavy atom. The average molecular weight is 294 g/mol. The van der Waals surface area contributed by atoms with Gasteiger partial charge >= 0.3 is 0 Å². The summed E-state index contributed by atoms with van der Waals surface area (Å²) < 4.78 is 5.44. The van der Waals surface area contributed by atoms with Gasteiger partial charge < -0.3 is 4.74 Å². The van der Waals surface area contributed by atoms with Gasteiger partial charge in [-0.2, -0.15) is 0 Å². The summed E-state index contributed by atoms with van der Waals surface area (Å²) in [4.78, 5) is 10.7. The Hall–Kier alpha value is -2.35. The van der Waals surface area contributed by atoms with Crippen molar-refractivity contribution in [2.45, 2.75) is 26.2 Å². The lowest BCUT2D eigenvalue weighted by molar-refractivity contribution is 0.112. The Morgan fingerprint density at radius 2 is 1.55 bits per heavy atom. The molecule has 114 valence electrons. The van der Waals surface area contributed by atoms with Crippen LogP contribution in [0.3, 0.4) is 0 Å². The predicted molar refractivity (Wildman–Crippen MR) is 92.5 cm³/mol. The lowest BCUT2D eigenvalue weighted by atomic mass is 9.86. The summed E-state index contributed by atoms with van der Waals surface area (Å²) in [5.74, 6) is 0.855. The predicted octanol–water partition coefficient (Wildman–Crippen LogP) is 4.98. The highest BCUT2D eigenvalue weighted by Crippen LogP contribution is 2.29. The van der Waals surface area contributed by atoms with Crippen LogP contribution in [0.1, 0.15) is 47.8 Å². The van der Waals surface area contributed by atoms with E-state index < -0.39 is 0 Å². The molecule has 0 spiro atoms. The van der Waals surface area contributed by atoms with Crippen LogP contribution in [0.25, 0.3) is 12.2 Å². The van der Waals surface area contributed by atoms with Crippen LogP contribution in [0.4, 0.5) is 0 Å². The number of aldehydes is 1. The molecular weight excluding hydrogens is 272 g/mol. The molecule has 0 atom stereocenters. The molecule has 0 saturated heterocycles. The third kappa shape index (κ3) is 3.85. The maximum absolute atomic E-state index is 10.7. The molecule has 2 rings (SSSR count). The standard InChI is InChI=1S/C20H22O2/c1-20(2,3)18-11-12-19(22-4)17(13-18)10-9-15-5-7-16(14-21)8-6-15/h5-14H,1-4H3/b10-9+. The van der Waals surface area contributed by atoms with Gasteiger partial charge in [0.1, 0.15) is 12.0 Å². The van der Waals surface area contributed by atoms with Crippen molar-refractivity contribution in [3.05, 3.63) is 64.7 Å². The molecule has 0 aliphatic heterocycles. The van der Waals surface area contributed by atoms with Crippen molar-refractivity contribution in [3.8, 4) is 5.75 Å². The first kappa shape index (κ1) is 16.0. The van der Waals surface area contributed by atoms with Gasteiger partial charge in [0.05, 0.1) is 7.11 Å². The molecular formula is C20H22O2. The van der Waals surface area contributed by atoms with Crippen LogP contribution in [-0.2, 0) is 5.41 Å². The average Bonchev–Trinajstić information content (AvgIpc) is 2.52. The highest BCUT2D eigenvalue weighted by molar-refractivity contribution is 5.77. The molecule has 2 aromatic carbocycles. The number of carbonyl (C=O) groups is 1. The second-order valence-electron chi connectivity index (χ2n) is 6.32. The number of hydrogen-bond donors (Lipinski definition) is 0. The summed E-state index contributed by atoms with van der Waals surface area (Å²) in [6.07, 6.45) is 4.92. The van der Waals surface area contributed by atoms with Crippen molar-refractivity contribution < 1.29 is 9.53 Å². The molecule has 0 amide bonds. The molecule has 0 aliphatic carbocycles. The van der Waals surface area contributed by atoms with Crippen molar-refractivity contribution in [1.82, 2.24) is 0 Å². The fourth-order valence-electron chi connectivity index (χ4n) is 2.20. The first-order valence-corrected chi connectivity index (χ1v) is 7.36. The Balaban J connectivity index is 2.33. The minimum absolute atomic E-state index is 0.0977. The zero-order chi connectivity index (χ0) is 16.2. The van der Waals surface area contributed by atoms with Gasteiger partial charge in [-0.15, -0.1) is 0 Å². The molecule has 2 aromatic rings. The third-order valence-corrected chi connectivity index (χ3v) is 3.62. The van der Waals surface area contributed by atoms with Crippen LogP contribution in [0, 0.1) is 0 Å². The number of methoxy groups -OCH3 is 1. The van der Waals surface area contributed by atoms with E-state index in [1.54, 1.807) is 7.11 Å². The van der Waals surface area contributed by atoms with Crippen LogP contribution in [0.5, 0.6) is 5.75 Å². The van der Waals surface area contributed by atoms with Crippen molar-refractivity contribution in [2.75, 3.05) is 7.11 Å². The van der Waals surface area contributed by atoms with Gasteiger partial charge in [-0.25, -0.2) is 0 Å². The van der Waals surface area contributed by atoms with E-state index >= 15 is 0 Å². The van der Waals surface area contributed by atoms with Gasteiger partial charge in [0, 0.05) is 11.1 Å². The fourth-order valence-corrected chi connectivity index (χ4v) is 2.20. The van der Waals surface area contributed by atoms with E-state index in [0.717, 1.165) is 23.2 Å². The van der Waals surface area contributed by atoms with E-state index in [0.29, 0.717) is 5.56 Å². The van der Waals surface area contributed by atoms with Gasteiger partial charge in [0.15, 0.2) is 0 Å². The van der Waals surface area contributed by atoms with Crippen molar-refractivity contribution >= 4 is 18.4 Å². The third-order valence-electron chi connectivity index (χ3n) is 3.62. The van der Waals surface area contributed by atoms with Gasteiger partial charge in [0.25, 0.3) is 0 Å². The minimum atomic E-state index is 0.0977. The highest BCUT2D eigenvalue weighted by Gasteiger charge is 2.14. The normalized spacial score (nSPS) is 11.6. The van der Waals surface area contributed by atoms with E-state index in [-0.39, 0.29) is 5.41 Å². The van der Waals surface area contributed by atoms with Crippen molar-refractivity contribution in [1.29, 1.82) is 0 Å². The van der Waals surface area contributed by atoms with Crippen LogP contribution in [0.15, 0.2) is 42.5 Å². The molecule has 22 heavy (non-hydrogen) atoms. The number of ether oxygens (including phenoxy) is 1. The topological polar surface area (TPSA) is 26.3 Å². The van der Waals surface area contributed by atoms with E-state index in [4.69, 9.17) is 4.74 Å². The number of rotatable bonds is 4. The highest BCUT2D eigenvalue weighted by atomic mass is 16.5. The monoisotopic (exact) mass is 294 g/mol. The molecule has 0 radical (unpaired) electrons. The molecule has 2 heteroatoms. The lowest BCUT2D eigenvalue weighted by Crippen LogP contribution is -2.11. The molecule has 0 bridgehead atoms. The Bertz CT molecular complexity index is 674. The van der Waals surface area contributed by atoms with E-state index in [1.807, 2.05) is 42.5 Å². The Morgan fingerprint density at radius 3 is 2.09 bits per heavy atom. The minimum Gasteiger partial charge on any atom is -0.496 e. The van der Waals surface area contributed by atoms with Crippen LogP contribution < -0.4 is 4.74 Å². The SMILES string of the molecule is COc1ccc(C(C)(C)C)cc1/C=C/c1ccc(C=O)cc1. The summed E-state index contributed by atoms with van der Waals surface area (Å²) >= 11 is 0. The van der Waals surface area contributed by atoms with Crippen molar-refractivity contribution in [3.63, 3.8) is 0 Å². The molecule has 0 fully saturated rings. The summed E-state index contributed by atoms with van der Waals surface area (Å²) in [5.41, 5.74) is 4.15. The zero-order valence-electron chi connectivity index (χ0n) is 13.6. The molecule has 0 saturated carbocycles. The van der Waals surface area contributed by atoms with Gasteiger partial charge in [-0.1, -0.05) is 63.3 Å². The first-order valence-electron chi connectivity index (χ1n) is 7.36. The van der Waals surface area contributed by atoms with Crippen LogP contribution in [-0.4, -0.2) is 13.4 Å². The quantitative estimate of drug-likeness (QED) is 0.587. The number of benzene rings is 2. The summed E-state index contributed by atoms with van der Waals surface area (Å²) in [7, 11) is 1.68. The largest absolute Gasteiger partial charge is 0.496 e. The number of carbonyl (C=O) groups excluding carboxylic acids is 1. The second kappa shape index (κ2) is 6.61. The van der Waals surface area contributed by atoms with Crippen LogP contribution in [0.2, 0.25) is 0 Å². The molecule has 2 nitrogen and oxygen atoms in total. The summed E-state index contributed by atoms with van der Waals surface area (Å²) in [6, 6.07) is 13.8. The molecule has 0 aromatic heterocycles. The first-order chi connectivity index (χ1) is 10.4. The van der Waals surface area contributed by atoms with Crippen molar-refractivity contribution in [2.24, 2.45) is 0 Å². The second-order valence-corrected chi connectivity index (χ2v) is 6.32. The Kier molecular flexibility index (Phi) is 4.81. The fraction of sp³-hybridized carbons (Fsp3) is 0.250. The zero-order valence-corrected chi connectivity index (χ0v) is 13.6. The smallest absolute Gasteiger partial charge is 0.150 e. The maximum atomic E-state index is 10.7. The molecule has 0 N–H and O–H groups in total. The van der Waals surface area contributed by atoms with Crippen LogP contribution >= 0.6 is 0 Å². The Labute approximate surface area is 132 Å². The van der Waals surface area contributed by atoms with Gasteiger partial charge in [0.2, 0.25) is 0 Å². The van der Waals surface area contributed by atoms with Gasteiger partial charge in [-0.3, -0.25) is 4.79 Å². The molecule has 0 heterocycles. The maximum Gasteiger partial charge on any atom is 0.150 e. The van der Waals surface area contributed by atoms with E-state index in [9.17, 15) is 4.79 Å². The van der Waals surface area contributed by atoms with E-state index in [2.05, 4.69) is 32.9 Å². The number of hydrogen-bond acceptors (Lipinski definition) is 2. The lowest BCUT2D eigenvalue weighted by Gasteiger charge is -2.20. The summed E-state index contributed by atoms with van der Waals surface area (Å²) in [5, 5.41) is 0. The van der Waals surface area contributed by atoms with Gasteiger partial charge in [-0.05, 0) is 28.7 Å². The summed E-state index contributed by atoms with van der Waals surface area (Å²) in [6.45, 7) is 6.58.